The molecule has 2 N–H and O–H groups in total. The van der Waals surface area contributed by atoms with Crippen molar-refractivity contribution in [2.75, 3.05) is 5.75 Å². The average Bonchev–Trinajstić information content (AvgIpc) is 2.32. The number of halogens is 3. The molecule has 1 heterocycles. The van der Waals surface area contributed by atoms with Gasteiger partial charge in [-0.3, -0.25) is 0 Å². The standard InChI is InChI=1S/C12H14BrClFNO2S/c13-8-6-10(15)7(5-9(8)14)12(16)11-3-1-2-4-19(11,17)18/h5-6,11-12H,1-4,16H2. The number of hydrogen-bond donors (Lipinski definition) is 1. The molecule has 1 aliphatic heterocycles. The molecule has 0 spiro atoms. The molecule has 0 amide bonds. The van der Waals surface area contributed by atoms with Crippen LogP contribution in [0.2, 0.25) is 5.02 Å². The SMILES string of the molecule is NC(c1cc(Cl)c(Br)cc1F)C1CCCCS1(=O)=O. The van der Waals surface area contributed by atoms with Crippen LogP contribution in [0.25, 0.3) is 0 Å². The van der Waals surface area contributed by atoms with Crippen LogP contribution in [0.3, 0.4) is 0 Å². The van der Waals surface area contributed by atoms with Crippen molar-refractivity contribution in [1.29, 1.82) is 0 Å². The average molecular weight is 371 g/mol. The third-order valence-corrected chi connectivity index (χ3v) is 6.93. The highest BCUT2D eigenvalue weighted by molar-refractivity contribution is 9.10. The van der Waals surface area contributed by atoms with Crippen molar-refractivity contribution in [2.24, 2.45) is 5.73 Å². The summed E-state index contributed by atoms with van der Waals surface area (Å²) in [5, 5.41) is -0.409. The minimum atomic E-state index is -3.26. The molecule has 1 fully saturated rings. The highest BCUT2D eigenvalue weighted by Crippen LogP contribution is 2.34. The first-order valence-electron chi connectivity index (χ1n) is 5.94. The highest BCUT2D eigenvalue weighted by atomic mass is 79.9. The summed E-state index contributed by atoms with van der Waals surface area (Å²) in [6, 6.07) is 1.74. The van der Waals surface area contributed by atoms with Gasteiger partial charge in [0.2, 0.25) is 0 Å². The van der Waals surface area contributed by atoms with Gasteiger partial charge in [0.15, 0.2) is 9.84 Å². The zero-order chi connectivity index (χ0) is 14.2. The minimum Gasteiger partial charge on any atom is -0.323 e. The molecule has 106 valence electrons. The van der Waals surface area contributed by atoms with E-state index in [1.165, 1.54) is 12.1 Å². The quantitative estimate of drug-likeness (QED) is 0.813. The fourth-order valence-electron chi connectivity index (χ4n) is 2.38. The van der Waals surface area contributed by atoms with Crippen LogP contribution in [0.1, 0.15) is 30.9 Å². The Hall–Kier alpha value is -0.170. The lowest BCUT2D eigenvalue weighted by Crippen LogP contribution is -2.38. The summed E-state index contributed by atoms with van der Waals surface area (Å²) in [5.41, 5.74) is 6.13. The third kappa shape index (κ3) is 3.12. The van der Waals surface area contributed by atoms with Crippen LogP contribution in [0.4, 0.5) is 4.39 Å². The van der Waals surface area contributed by atoms with E-state index in [9.17, 15) is 12.8 Å². The van der Waals surface area contributed by atoms with Gasteiger partial charge in [0.1, 0.15) is 5.82 Å². The lowest BCUT2D eigenvalue weighted by molar-refractivity contribution is 0.492. The number of nitrogens with two attached hydrogens (primary N) is 1. The molecule has 19 heavy (non-hydrogen) atoms. The number of hydrogen-bond acceptors (Lipinski definition) is 3. The van der Waals surface area contributed by atoms with Crippen LogP contribution in [0.15, 0.2) is 16.6 Å². The lowest BCUT2D eigenvalue weighted by Gasteiger charge is -2.28. The first-order valence-corrected chi connectivity index (χ1v) is 8.83. The topological polar surface area (TPSA) is 60.2 Å². The summed E-state index contributed by atoms with van der Waals surface area (Å²) in [6.07, 6.45) is 1.91. The lowest BCUT2D eigenvalue weighted by atomic mass is 10.00. The summed E-state index contributed by atoms with van der Waals surface area (Å²) < 4.78 is 38.4. The van der Waals surface area contributed by atoms with E-state index in [1.807, 2.05) is 0 Å². The predicted octanol–water partition coefficient (Wildman–Crippen LogP) is 3.21. The maximum absolute atomic E-state index is 13.9. The largest absolute Gasteiger partial charge is 0.323 e. The smallest absolute Gasteiger partial charge is 0.155 e. The van der Waals surface area contributed by atoms with Crippen molar-refractivity contribution in [2.45, 2.75) is 30.6 Å². The molecule has 2 atom stereocenters. The van der Waals surface area contributed by atoms with E-state index in [2.05, 4.69) is 15.9 Å². The number of sulfone groups is 1. The normalized spacial score (nSPS) is 24.1. The molecule has 0 saturated carbocycles. The summed E-state index contributed by atoms with van der Waals surface area (Å²) in [4.78, 5) is 0. The third-order valence-electron chi connectivity index (χ3n) is 3.43. The van der Waals surface area contributed by atoms with Gasteiger partial charge >= 0.3 is 0 Å². The predicted molar refractivity (Wildman–Crippen MR) is 77.5 cm³/mol. The molecular formula is C12H14BrClFNO2S. The Balaban J connectivity index is 2.39. The molecule has 0 radical (unpaired) electrons. The second-order valence-electron chi connectivity index (χ2n) is 4.71. The first-order chi connectivity index (χ1) is 8.83. The Morgan fingerprint density at radius 3 is 2.74 bits per heavy atom. The van der Waals surface area contributed by atoms with Crippen LogP contribution >= 0.6 is 27.5 Å². The van der Waals surface area contributed by atoms with Gasteiger partial charge in [-0.1, -0.05) is 18.0 Å². The van der Waals surface area contributed by atoms with Crippen LogP contribution in [0.5, 0.6) is 0 Å². The van der Waals surface area contributed by atoms with E-state index in [4.69, 9.17) is 17.3 Å². The molecule has 0 aliphatic carbocycles. The molecule has 0 aromatic heterocycles. The van der Waals surface area contributed by atoms with Gasteiger partial charge < -0.3 is 5.73 Å². The van der Waals surface area contributed by atoms with Crippen LogP contribution < -0.4 is 5.73 Å². The zero-order valence-electron chi connectivity index (χ0n) is 10.1. The molecule has 2 rings (SSSR count). The maximum Gasteiger partial charge on any atom is 0.155 e. The fourth-order valence-corrected chi connectivity index (χ4v) is 4.89. The van der Waals surface area contributed by atoms with Gasteiger partial charge in [-0.2, -0.15) is 0 Å². The first kappa shape index (κ1) is 15.2. The van der Waals surface area contributed by atoms with Crippen LogP contribution in [-0.4, -0.2) is 19.4 Å². The van der Waals surface area contributed by atoms with E-state index in [-0.39, 0.29) is 11.3 Å². The Kier molecular flexibility index (Phi) is 4.55. The molecular weight excluding hydrogens is 357 g/mol. The molecule has 3 nitrogen and oxygen atoms in total. The zero-order valence-corrected chi connectivity index (χ0v) is 13.2. The van der Waals surface area contributed by atoms with Gasteiger partial charge in [0, 0.05) is 16.1 Å². The Bertz CT molecular complexity index is 594. The second kappa shape index (κ2) is 5.68. The van der Waals surface area contributed by atoms with E-state index in [1.54, 1.807) is 0 Å². The Morgan fingerprint density at radius 2 is 2.11 bits per heavy atom. The van der Waals surface area contributed by atoms with Gasteiger partial charge in [-0.25, -0.2) is 12.8 Å². The van der Waals surface area contributed by atoms with E-state index >= 15 is 0 Å². The molecule has 1 aliphatic rings. The van der Waals surface area contributed by atoms with Crippen LogP contribution in [-0.2, 0) is 9.84 Å². The van der Waals surface area contributed by atoms with Gasteiger partial charge in [0.05, 0.1) is 16.0 Å². The molecule has 1 saturated heterocycles. The van der Waals surface area contributed by atoms with Gasteiger partial charge in [0.25, 0.3) is 0 Å². The fraction of sp³-hybridized carbons (Fsp3) is 0.500. The van der Waals surface area contributed by atoms with E-state index in [0.29, 0.717) is 22.3 Å². The van der Waals surface area contributed by atoms with Gasteiger partial charge in [-0.05, 0) is 40.9 Å². The number of benzene rings is 1. The Morgan fingerprint density at radius 1 is 1.42 bits per heavy atom. The summed E-state index contributed by atoms with van der Waals surface area (Å²) in [6.45, 7) is 0. The van der Waals surface area contributed by atoms with Crippen LogP contribution in [0, 0.1) is 5.82 Å². The minimum absolute atomic E-state index is 0.122. The Labute approximate surface area is 125 Å². The van der Waals surface area contributed by atoms with Gasteiger partial charge in [-0.15, -0.1) is 0 Å². The molecule has 1 aromatic rings. The van der Waals surface area contributed by atoms with Crippen molar-refractivity contribution in [3.05, 3.63) is 33.0 Å². The van der Waals surface area contributed by atoms with E-state index in [0.717, 1.165) is 6.42 Å². The van der Waals surface area contributed by atoms with Crippen molar-refractivity contribution in [1.82, 2.24) is 0 Å². The van der Waals surface area contributed by atoms with Crippen molar-refractivity contribution in [3.8, 4) is 0 Å². The second-order valence-corrected chi connectivity index (χ2v) is 8.32. The van der Waals surface area contributed by atoms with Crippen molar-refractivity contribution >= 4 is 37.4 Å². The number of rotatable bonds is 2. The van der Waals surface area contributed by atoms with Crippen molar-refractivity contribution in [3.63, 3.8) is 0 Å². The highest BCUT2D eigenvalue weighted by Gasteiger charge is 2.35. The molecule has 0 bridgehead atoms. The van der Waals surface area contributed by atoms with E-state index < -0.39 is 26.9 Å². The van der Waals surface area contributed by atoms with Crippen molar-refractivity contribution < 1.29 is 12.8 Å². The molecule has 1 aromatic carbocycles. The summed E-state index contributed by atoms with van der Waals surface area (Å²) >= 11 is 9.04. The monoisotopic (exact) mass is 369 g/mol. The summed E-state index contributed by atoms with van der Waals surface area (Å²) in [5.74, 6) is -0.415. The molecule has 2 unspecified atom stereocenters. The molecule has 7 heteroatoms. The maximum atomic E-state index is 13.9. The summed E-state index contributed by atoms with van der Waals surface area (Å²) in [7, 11) is -3.26.